The summed E-state index contributed by atoms with van der Waals surface area (Å²) in [5.74, 6) is 0.594. The normalized spacial score (nSPS) is 28.1. The van der Waals surface area contributed by atoms with E-state index in [0.717, 1.165) is 0 Å². The van der Waals surface area contributed by atoms with Gasteiger partial charge in [0.2, 0.25) is 0 Å². The molecule has 0 spiro atoms. The summed E-state index contributed by atoms with van der Waals surface area (Å²) >= 11 is 3.53. The van der Waals surface area contributed by atoms with Gasteiger partial charge in [0, 0.05) is 22.1 Å². The molecule has 14 heavy (non-hydrogen) atoms. The summed E-state index contributed by atoms with van der Waals surface area (Å²) in [5, 5.41) is 3.59. The van der Waals surface area contributed by atoms with Crippen LogP contribution in [0.25, 0.3) is 0 Å². The molecule has 72 valence electrons. The molecule has 2 heteroatoms. The van der Waals surface area contributed by atoms with Crippen molar-refractivity contribution in [2.45, 2.75) is 24.8 Å². The van der Waals surface area contributed by atoms with Crippen molar-refractivity contribution in [3.63, 3.8) is 0 Å². The van der Waals surface area contributed by atoms with Crippen molar-refractivity contribution in [1.82, 2.24) is 0 Å². The summed E-state index contributed by atoms with van der Waals surface area (Å²) in [5.41, 5.74) is 2.76. The number of nitrogens with one attached hydrogen (secondary N) is 1. The van der Waals surface area contributed by atoms with Gasteiger partial charge in [-0.05, 0) is 36.6 Å². The second kappa shape index (κ2) is 3.13. The van der Waals surface area contributed by atoms with Crippen LogP contribution in [0.4, 0.5) is 5.69 Å². The smallest absolute Gasteiger partial charge is 0.0382 e. The molecule has 1 nitrogen and oxygen atoms in total. The molecule has 0 aromatic heterocycles. The van der Waals surface area contributed by atoms with Crippen LogP contribution < -0.4 is 5.32 Å². The Bertz CT molecular complexity index is 397. The Balaban J connectivity index is 2.09. The lowest BCUT2D eigenvalue weighted by molar-refractivity contribution is 0.607. The molecule has 0 saturated heterocycles. The van der Waals surface area contributed by atoms with Crippen molar-refractivity contribution >= 4 is 21.6 Å². The molecule has 3 rings (SSSR count). The Hall–Kier alpha value is -0.760. The molecule has 1 aromatic rings. The number of hydrogen-bond donors (Lipinski definition) is 1. The van der Waals surface area contributed by atoms with Crippen molar-refractivity contribution in [2.75, 3.05) is 5.32 Å². The molecule has 0 fully saturated rings. The first-order valence-corrected chi connectivity index (χ1v) is 5.86. The van der Waals surface area contributed by atoms with Gasteiger partial charge in [-0.1, -0.05) is 28.1 Å². The molecular formula is C12H12BrN. The van der Waals surface area contributed by atoms with Gasteiger partial charge in [-0.25, -0.2) is 0 Å². The van der Waals surface area contributed by atoms with Crippen LogP contribution in [0.3, 0.4) is 0 Å². The lowest BCUT2D eigenvalue weighted by atomic mass is 9.88. The molecule has 0 saturated carbocycles. The van der Waals surface area contributed by atoms with Crippen LogP contribution in [0.15, 0.2) is 34.8 Å². The summed E-state index contributed by atoms with van der Waals surface area (Å²) < 4.78 is 1.18. The number of halogens is 1. The maximum absolute atomic E-state index is 3.59. The molecule has 0 radical (unpaired) electrons. The standard InChI is InChI=1S/C12H12BrN/c13-8-5-6-12-10(7-8)9-3-1-2-4-11(9)14-12/h1,3,5-7,9,11,14H,2,4H2. The second-order valence-electron chi connectivity index (χ2n) is 4.01. The van der Waals surface area contributed by atoms with E-state index in [1.807, 2.05) is 0 Å². The van der Waals surface area contributed by atoms with Gasteiger partial charge in [0.15, 0.2) is 0 Å². The number of allylic oxidation sites excluding steroid dienone is 1. The Kier molecular flexibility index (Phi) is 1.91. The molecule has 2 aliphatic rings. The predicted molar refractivity (Wildman–Crippen MR) is 62.7 cm³/mol. The third-order valence-corrected chi connectivity index (χ3v) is 3.63. The summed E-state index contributed by atoms with van der Waals surface area (Å²) in [6.07, 6.45) is 7.12. The molecule has 1 aromatic carbocycles. The van der Waals surface area contributed by atoms with E-state index in [0.29, 0.717) is 12.0 Å². The first-order chi connectivity index (χ1) is 6.84. The van der Waals surface area contributed by atoms with Gasteiger partial charge in [-0.2, -0.15) is 0 Å². The van der Waals surface area contributed by atoms with Crippen molar-refractivity contribution in [2.24, 2.45) is 0 Å². The van der Waals surface area contributed by atoms with Gasteiger partial charge in [-0.3, -0.25) is 0 Å². The van der Waals surface area contributed by atoms with Crippen molar-refractivity contribution in [1.29, 1.82) is 0 Å². The van der Waals surface area contributed by atoms with Crippen molar-refractivity contribution in [3.05, 3.63) is 40.4 Å². The molecule has 2 unspecified atom stereocenters. The zero-order chi connectivity index (χ0) is 9.54. The van der Waals surface area contributed by atoms with E-state index in [2.05, 4.69) is 51.6 Å². The zero-order valence-corrected chi connectivity index (χ0v) is 9.42. The highest BCUT2D eigenvalue weighted by molar-refractivity contribution is 9.10. The van der Waals surface area contributed by atoms with Gasteiger partial charge in [-0.15, -0.1) is 0 Å². The van der Waals surface area contributed by atoms with Gasteiger partial charge in [0.05, 0.1) is 0 Å². The third kappa shape index (κ3) is 1.21. The molecule has 1 aliphatic carbocycles. The third-order valence-electron chi connectivity index (χ3n) is 3.13. The fourth-order valence-electron chi connectivity index (χ4n) is 2.46. The molecule has 1 heterocycles. The number of anilines is 1. The minimum atomic E-state index is 0.594. The number of hydrogen-bond acceptors (Lipinski definition) is 1. The number of benzene rings is 1. The van der Waals surface area contributed by atoms with Gasteiger partial charge in [0.25, 0.3) is 0 Å². The van der Waals surface area contributed by atoms with E-state index >= 15 is 0 Å². The molecule has 0 bridgehead atoms. The van der Waals surface area contributed by atoms with Crippen molar-refractivity contribution in [3.8, 4) is 0 Å². The summed E-state index contributed by atoms with van der Waals surface area (Å²) in [4.78, 5) is 0. The monoisotopic (exact) mass is 249 g/mol. The molecule has 1 aliphatic heterocycles. The van der Waals surface area contributed by atoms with Gasteiger partial charge < -0.3 is 5.32 Å². The lowest BCUT2D eigenvalue weighted by Crippen LogP contribution is -2.21. The number of fused-ring (bicyclic) bond motifs is 3. The Morgan fingerprint density at radius 3 is 3.21 bits per heavy atom. The summed E-state index contributed by atoms with van der Waals surface area (Å²) in [7, 11) is 0. The first kappa shape index (κ1) is 8.54. The van der Waals surface area contributed by atoms with Gasteiger partial charge >= 0.3 is 0 Å². The Labute approximate surface area is 92.3 Å². The average molecular weight is 250 g/mol. The molecular weight excluding hydrogens is 238 g/mol. The minimum absolute atomic E-state index is 0.594. The van der Waals surface area contributed by atoms with E-state index in [4.69, 9.17) is 0 Å². The fraction of sp³-hybridized carbons (Fsp3) is 0.333. The fourth-order valence-corrected chi connectivity index (χ4v) is 2.83. The van der Waals surface area contributed by atoms with E-state index in [-0.39, 0.29) is 0 Å². The van der Waals surface area contributed by atoms with E-state index in [1.165, 1.54) is 28.6 Å². The topological polar surface area (TPSA) is 12.0 Å². The number of rotatable bonds is 0. The quantitative estimate of drug-likeness (QED) is 0.692. The first-order valence-electron chi connectivity index (χ1n) is 5.07. The highest BCUT2D eigenvalue weighted by Crippen LogP contribution is 2.41. The molecule has 2 atom stereocenters. The predicted octanol–water partition coefficient (Wildman–Crippen LogP) is 3.68. The summed E-state index contributed by atoms with van der Waals surface area (Å²) in [6, 6.07) is 7.14. The van der Waals surface area contributed by atoms with E-state index in [1.54, 1.807) is 0 Å². The Morgan fingerprint density at radius 1 is 1.36 bits per heavy atom. The molecule has 0 amide bonds. The Morgan fingerprint density at radius 2 is 2.29 bits per heavy atom. The highest BCUT2D eigenvalue weighted by atomic mass is 79.9. The van der Waals surface area contributed by atoms with Gasteiger partial charge in [0.1, 0.15) is 0 Å². The van der Waals surface area contributed by atoms with Crippen molar-refractivity contribution < 1.29 is 0 Å². The highest BCUT2D eigenvalue weighted by Gasteiger charge is 2.31. The van der Waals surface area contributed by atoms with Crippen LogP contribution in [0.1, 0.15) is 24.3 Å². The second-order valence-corrected chi connectivity index (χ2v) is 4.93. The maximum Gasteiger partial charge on any atom is 0.0382 e. The van der Waals surface area contributed by atoms with Crippen LogP contribution in [0, 0.1) is 0 Å². The summed E-state index contributed by atoms with van der Waals surface area (Å²) in [6.45, 7) is 0. The largest absolute Gasteiger partial charge is 0.381 e. The average Bonchev–Trinajstić information content (AvgIpc) is 2.56. The van der Waals surface area contributed by atoms with Crippen LogP contribution in [-0.4, -0.2) is 6.04 Å². The molecule has 1 N–H and O–H groups in total. The van der Waals surface area contributed by atoms with E-state index in [9.17, 15) is 0 Å². The SMILES string of the molecule is Brc1ccc2c(c1)C1C=CCCC1N2. The maximum atomic E-state index is 3.59. The zero-order valence-electron chi connectivity index (χ0n) is 7.83. The van der Waals surface area contributed by atoms with Crippen LogP contribution in [0.5, 0.6) is 0 Å². The van der Waals surface area contributed by atoms with Crippen LogP contribution in [0.2, 0.25) is 0 Å². The van der Waals surface area contributed by atoms with E-state index < -0.39 is 0 Å². The van der Waals surface area contributed by atoms with Crippen LogP contribution in [-0.2, 0) is 0 Å². The van der Waals surface area contributed by atoms with Crippen LogP contribution >= 0.6 is 15.9 Å². The minimum Gasteiger partial charge on any atom is -0.381 e. The lowest BCUT2D eigenvalue weighted by Gasteiger charge is -2.20.